The SMILES string of the molecule is O=C(Cn1cnc2cc3c(cc21)OCCO3)NC1CCCC1. The van der Waals surface area contributed by atoms with Crippen LogP contribution in [-0.4, -0.2) is 34.7 Å². The number of nitrogens with one attached hydrogen (secondary N) is 1. The third-order valence-corrected chi connectivity index (χ3v) is 4.32. The topological polar surface area (TPSA) is 65.4 Å². The Morgan fingerprint density at radius 1 is 1.23 bits per heavy atom. The normalized spacial score (nSPS) is 17.8. The molecule has 1 fully saturated rings. The zero-order chi connectivity index (χ0) is 14.9. The van der Waals surface area contributed by atoms with E-state index in [9.17, 15) is 4.79 Å². The Kier molecular flexibility index (Phi) is 3.36. The molecule has 1 aromatic heterocycles. The first-order valence-corrected chi connectivity index (χ1v) is 7.83. The number of amides is 1. The monoisotopic (exact) mass is 301 g/mol. The predicted octanol–water partition coefficient (Wildman–Crippen LogP) is 1.87. The summed E-state index contributed by atoms with van der Waals surface area (Å²) in [7, 11) is 0. The van der Waals surface area contributed by atoms with Crippen molar-refractivity contribution in [2.75, 3.05) is 13.2 Å². The molecule has 0 spiro atoms. The first-order chi connectivity index (χ1) is 10.8. The van der Waals surface area contributed by atoms with Crippen molar-refractivity contribution in [1.29, 1.82) is 0 Å². The molecule has 0 bridgehead atoms. The first-order valence-electron chi connectivity index (χ1n) is 7.83. The van der Waals surface area contributed by atoms with Crippen LogP contribution >= 0.6 is 0 Å². The molecule has 2 heterocycles. The van der Waals surface area contributed by atoms with Gasteiger partial charge in [-0.2, -0.15) is 0 Å². The van der Waals surface area contributed by atoms with E-state index < -0.39 is 0 Å². The van der Waals surface area contributed by atoms with E-state index in [1.807, 2.05) is 16.7 Å². The zero-order valence-electron chi connectivity index (χ0n) is 12.4. The minimum Gasteiger partial charge on any atom is -0.486 e. The summed E-state index contributed by atoms with van der Waals surface area (Å²) < 4.78 is 13.0. The van der Waals surface area contributed by atoms with Gasteiger partial charge in [-0.25, -0.2) is 4.98 Å². The van der Waals surface area contributed by atoms with E-state index in [0.29, 0.717) is 19.3 Å². The predicted molar refractivity (Wildman–Crippen MR) is 81.1 cm³/mol. The number of ether oxygens (including phenoxy) is 2. The Bertz CT molecular complexity index is 704. The lowest BCUT2D eigenvalue weighted by atomic mass is 10.2. The Hall–Kier alpha value is -2.24. The number of aromatic nitrogens is 2. The number of fused-ring (bicyclic) bond motifs is 2. The maximum Gasteiger partial charge on any atom is 0.240 e. The Morgan fingerprint density at radius 3 is 2.73 bits per heavy atom. The average Bonchev–Trinajstić information content (AvgIpc) is 3.16. The van der Waals surface area contributed by atoms with Crippen molar-refractivity contribution in [2.24, 2.45) is 0 Å². The van der Waals surface area contributed by atoms with Gasteiger partial charge in [0.2, 0.25) is 5.91 Å². The zero-order valence-corrected chi connectivity index (χ0v) is 12.4. The van der Waals surface area contributed by atoms with Crippen LogP contribution in [0.3, 0.4) is 0 Å². The lowest BCUT2D eigenvalue weighted by Crippen LogP contribution is -2.35. The summed E-state index contributed by atoms with van der Waals surface area (Å²) in [5.74, 6) is 1.48. The highest BCUT2D eigenvalue weighted by Crippen LogP contribution is 2.34. The maximum atomic E-state index is 12.2. The van der Waals surface area contributed by atoms with Gasteiger partial charge < -0.3 is 19.4 Å². The molecule has 22 heavy (non-hydrogen) atoms. The summed E-state index contributed by atoms with van der Waals surface area (Å²) >= 11 is 0. The molecule has 0 radical (unpaired) electrons. The quantitative estimate of drug-likeness (QED) is 0.940. The molecule has 1 aliphatic carbocycles. The van der Waals surface area contributed by atoms with Gasteiger partial charge in [-0.3, -0.25) is 4.79 Å². The Balaban J connectivity index is 1.55. The molecule has 0 saturated heterocycles. The third kappa shape index (κ3) is 2.49. The van der Waals surface area contributed by atoms with Crippen LogP contribution < -0.4 is 14.8 Å². The van der Waals surface area contributed by atoms with Crippen LogP contribution in [-0.2, 0) is 11.3 Å². The molecule has 2 aromatic rings. The van der Waals surface area contributed by atoms with E-state index in [1.165, 1.54) is 12.8 Å². The van der Waals surface area contributed by atoms with Crippen molar-refractivity contribution < 1.29 is 14.3 Å². The van der Waals surface area contributed by atoms with Gasteiger partial charge in [-0.05, 0) is 12.8 Å². The van der Waals surface area contributed by atoms with Crippen LogP contribution in [0.15, 0.2) is 18.5 Å². The Labute approximate surface area is 128 Å². The van der Waals surface area contributed by atoms with E-state index in [2.05, 4.69) is 10.3 Å². The molecule has 1 amide bonds. The van der Waals surface area contributed by atoms with E-state index in [1.54, 1.807) is 6.33 Å². The van der Waals surface area contributed by atoms with E-state index >= 15 is 0 Å². The summed E-state index contributed by atoms with van der Waals surface area (Å²) in [5, 5.41) is 3.10. The van der Waals surface area contributed by atoms with Gasteiger partial charge in [0, 0.05) is 18.2 Å². The largest absolute Gasteiger partial charge is 0.486 e. The van der Waals surface area contributed by atoms with Crippen molar-refractivity contribution in [3.63, 3.8) is 0 Å². The van der Waals surface area contributed by atoms with Crippen LogP contribution in [0, 0.1) is 0 Å². The summed E-state index contributed by atoms with van der Waals surface area (Å²) in [4.78, 5) is 16.5. The molecule has 116 valence electrons. The van der Waals surface area contributed by atoms with E-state index in [0.717, 1.165) is 35.4 Å². The number of rotatable bonds is 3. The van der Waals surface area contributed by atoms with Gasteiger partial charge in [0.25, 0.3) is 0 Å². The second-order valence-corrected chi connectivity index (χ2v) is 5.91. The minimum atomic E-state index is 0.0427. The lowest BCUT2D eigenvalue weighted by molar-refractivity contribution is -0.122. The molecule has 1 aliphatic heterocycles. The molecule has 2 aliphatic rings. The van der Waals surface area contributed by atoms with Gasteiger partial charge >= 0.3 is 0 Å². The fourth-order valence-corrected chi connectivity index (χ4v) is 3.22. The maximum absolute atomic E-state index is 12.2. The number of nitrogens with zero attached hydrogens (tertiary/aromatic N) is 2. The molecule has 4 rings (SSSR count). The van der Waals surface area contributed by atoms with E-state index in [-0.39, 0.29) is 12.5 Å². The van der Waals surface area contributed by atoms with Crippen molar-refractivity contribution in [1.82, 2.24) is 14.9 Å². The number of carbonyl (C=O) groups excluding carboxylic acids is 1. The molecule has 0 atom stereocenters. The van der Waals surface area contributed by atoms with Crippen LogP contribution in [0.4, 0.5) is 0 Å². The molecule has 1 aromatic carbocycles. The van der Waals surface area contributed by atoms with Crippen LogP contribution in [0.2, 0.25) is 0 Å². The second-order valence-electron chi connectivity index (χ2n) is 5.91. The molecule has 6 heteroatoms. The van der Waals surface area contributed by atoms with Crippen molar-refractivity contribution in [3.05, 3.63) is 18.5 Å². The smallest absolute Gasteiger partial charge is 0.240 e. The van der Waals surface area contributed by atoms with Gasteiger partial charge in [-0.1, -0.05) is 12.8 Å². The van der Waals surface area contributed by atoms with Gasteiger partial charge in [0.1, 0.15) is 19.8 Å². The third-order valence-electron chi connectivity index (χ3n) is 4.32. The first kappa shape index (κ1) is 13.4. The van der Waals surface area contributed by atoms with Gasteiger partial charge in [0.05, 0.1) is 17.4 Å². The Morgan fingerprint density at radius 2 is 1.95 bits per heavy atom. The minimum absolute atomic E-state index is 0.0427. The molecule has 1 N–H and O–H groups in total. The fraction of sp³-hybridized carbons (Fsp3) is 0.500. The summed E-state index contributed by atoms with van der Waals surface area (Å²) in [6, 6.07) is 4.11. The van der Waals surface area contributed by atoms with Crippen LogP contribution in [0.25, 0.3) is 11.0 Å². The van der Waals surface area contributed by atoms with Crippen LogP contribution in [0.1, 0.15) is 25.7 Å². The molecule has 1 saturated carbocycles. The highest BCUT2D eigenvalue weighted by molar-refractivity contribution is 5.83. The summed E-state index contributed by atoms with van der Waals surface area (Å²) in [6.07, 6.45) is 6.30. The summed E-state index contributed by atoms with van der Waals surface area (Å²) in [5.41, 5.74) is 1.71. The number of hydrogen-bond acceptors (Lipinski definition) is 4. The number of hydrogen-bond donors (Lipinski definition) is 1. The molecule has 6 nitrogen and oxygen atoms in total. The average molecular weight is 301 g/mol. The van der Waals surface area contributed by atoms with E-state index in [4.69, 9.17) is 9.47 Å². The van der Waals surface area contributed by atoms with Crippen LogP contribution in [0.5, 0.6) is 11.5 Å². The number of benzene rings is 1. The van der Waals surface area contributed by atoms with Gasteiger partial charge in [0.15, 0.2) is 11.5 Å². The van der Waals surface area contributed by atoms with Crippen molar-refractivity contribution >= 4 is 16.9 Å². The molecular formula is C16H19N3O3. The number of carbonyl (C=O) groups is 1. The lowest BCUT2D eigenvalue weighted by Gasteiger charge is -2.18. The highest BCUT2D eigenvalue weighted by atomic mass is 16.6. The van der Waals surface area contributed by atoms with Crippen molar-refractivity contribution in [2.45, 2.75) is 38.3 Å². The second kappa shape index (κ2) is 5.51. The van der Waals surface area contributed by atoms with Gasteiger partial charge in [-0.15, -0.1) is 0 Å². The molecule has 0 unspecified atom stereocenters. The summed E-state index contributed by atoms with van der Waals surface area (Å²) in [6.45, 7) is 1.39. The van der Waals surface area contributed by atoms with Crippen molar-refractivity contribution in [3.8, 4) is 11.5 Å². The fourth-order valence-electron chi connectivity index (χ4n) is 3.22. The highest BCUT2D eigenvalue weighted by Gasteiger charge is 2.19. The number of imidazole rings is 1. The molecular weight excluding hydrogens is 282 g/mol. The standard InChI is InChI=1S/C16H19N3O3/c20-16(18-11-3-1-2-4-11)9-19-10-17-12-7-14-15(8-13(12)19)22-6-5-21-14/h7-8,10-11H,1-6,9H2,(H,18,20).